The third-order valence-corrected chi connectivity index (χ3v) is 3.98. The number of piperidine rings is 1. The van der Waals surface area contributed by atoms with Gasteiger partial charge in [0.2, 0.25) is 0 Å². The zero-order chi connectivity index (χ0) is 13.8. The second kappa shape index (κ2) is 6.38. The summed E-state index contributed by atoms with van der Waals surface area (Å²) in [6.45, 7) is 9.14. The molecule has 1 heterocycles. The van der Waals surface area contributed by atoms with Crippen molar-refractivity contribution in [1.29, 1.82) is 0 Å². The Bertz CT molecular complexity index is 425. The number of anilines is 1. The summed E-state index contributed by atoms with van der Waals surface area (Å²) < 4.78 is 13.9. The number of nitrogens with one attached hydrogen (secondary N) is 1. The Morgan fingerprint density at radius 2 is 1.95 bits per heavy atom. The van der Waals surface area contributed by atoms with Gasteiger partial charge in [-0.15, -0.1) is 0 Å². The molecule has 0 bridgehead atoms. The van der Waals surface area contributed by atoms with E-state index in [1.807, 2.05) is 13.0 Å². The van der Waals surface area contributed by atoms with Gasteiger partial charge < -0.3 is 10.2 Å². The number of benzene rings is 1. The predicted molar refractivity (Wildman–Crippen MR) is 79.3 cm³/mol. The van der Waals surface area contributed by atoms with Crippen molar-refractivity contribution < 1.29 is 4.39 Å². The summed E-state index contributed by atoms with van der Waals surface area (Å²) in [5.41, 5.74) is 3.05. The molecule has 1 aromatic rings. The molecule has 0 saturated carbocycles. The van der Waals surface area contributed by atoms with Crippen LogP contribution in [0.15, 0.2) is 12.1 Å². The minimum absolute atomic E-state index is 0.0967. The number of hydrogen-bond donors (Lipinski definition) is 1. The van der Waals surface area contributed by atoms with Crippen LogP contribution >= 0.6 is 0 Å². The average Bonchev–Trinajstić information content (AvgIpc) is 2.42. The molecule has 1 aromatic carbocycles. The fourth-order valence-corrected chi connectivity index (χ4v) is 2.85. The van der Waals surface area contributed by atoms with Crippen molar-refractivity contribution in [3.63, 3.8) is 0 Å². The van der Waals surface area contributed by atoms with E-state index < -0.39 is 0 Å². The summed E-state index contributed by atoms with van der Waals surface area (Å²) in [6, 6.07) is 3.92. The van der Waals surface area contributed by atoms with E-state index in [0.29, 0.717) is 0 Å². The first-order valence-electron chi connectivity index (χ1n) is 7.42. The lowest BCUT2D eigenvalue weighted by atomic mass is 10.00. The first-order chi connectivity index (χ1) is 9.13. The van der Waals surface area contributed by atoms with Gasteiger partial charge in [-0.2, -0.15) is 0 Å². The molecular weight excluding hydrogens is 239 g/mol. The number of hydrogen-bond acceptors (Lipinski definition) is 2. The van der Waals surface area contributed by atoms with Gasteiger partial charge in [-0.25, -0.2) is 4.39 Å². The number of nitrogens with zero attached hydrogens (tertiary/aromatic N) is 1. The highest BCUT2D eigenvalue weighted by Gasteiger charge is 2.19. The fraction of sp³-hybridized carbons (Fsp3) is 0.625. The van der Waals surface area contributed by atoms with Crippen molar-refractivity contribution in [3.05, 3.63) is 29.1 Å². The van der Waals surface area contributed by atoms with Gasteiger partial charge in [0.05, 0.1) is 0 Å². The molecule has 2 nitrogen and oxygen atoms in total. The zero-order valence-corrected chi connectivity index (χ0v) is 12.3. The molecule has 19 heavy (non-hydrogen) atoms. The van der Waals surface area contributed by atoms with Crippen LogP contribution in [-0.4, -0.2) is 19.6 Å². The van der Waals surface area contributed by atoms with E-state index in [0.717, 1.165) is 30.8 Å². The molecule has 0 spiro atoms. The SMILES string of the molecule is CCNC(C)c1cc(F)c(C)cc1N1CCCCC1. The smallest absolute Gasteiger partial charge is 0.126 e. The van der Waals surface area contributed by atoms with Crippen LogP contribution in [0.3, 0.4) is 0 Å². The van der Waals surface area contributed by atoms with E-state index in [-0.39, 0.29) is 11.9 Å². The second-order valence-corrected chi connectivity index (χ2v) is 5.49. The van der Waals surface area contributed by atoms with Crippen LogP contribution in [0.5, 0.6) is 0 Å². The van der Waals surface area contributed by atoms with Crippen LogP contribution in [-0.2, 0) is 0 Å². The Morgan fingerprint density at radius 1 is 1.26 bits per heavy atom. The Hall–Kier alpha value is -1.09. The van der Waals surface area contributed by atoms with Gasteiger partial charge in [0.1, 0.15) is 5.82 Å². The van der Waals surface area contributed by atoms with E-state index in [1.54, 1.807) is 6.07 Å². The van der Waals surface area contributed by atoms with Gasteiger partial charge in [0.25, 0.3) is 0 Å². The van der Waals surface area contributed by atoms with Crippen LogP contribution in [0, 0.1) is 12.7 Å². The molecule has 3 heteroatoms. The van der Waals surface area contributed by atoms with Crippen LogP contribution in [0.4, 0.5) is 10.1 Å². The first-order valence-corrected chi connectivity index (χ1v) is 7.42. The van der Waals surface area contributed by atoms with Crippen molar-refractivity contribution in [3.8, 4) is 0 Å². The highest BCUT2D eigenvalue weighted by molar-refractivity contribution is 5.57. The van der Waals surface area contributed by atoms with E-state index in [1.165, 1.54) is 24.9 Å². The molecule has 0 radical (unpaired) electrons. The lowest BCUT2D eigenvalue weighted by molar-refractivity contribution is 0.555. The van der Waals surface area contributed by atoms with E-state index >= 15 is 0 Å². The summed E-state index contributed by atoms with van der Waals surface area (Å²) in [5, 5.41) is 3.39. The zero-order valence-electron chi connectivity index (χ0n) is 12.3. The van der Waals surface area contributed by atoms with Gasteiger partial charge in [-0.1, -0.05) is 6.92 Å². The van der Waals surface area contributed by atoms with Gasteiger partial charge in [-0.05, 0) is 62.9 Å². The minimum Gasteiger partial charge on any atom is -0.371 e. The van der Waals surface area contributed by atoms with Crippen molar-refractivity contribution in [1.82, 2.24) is 5.32 Å². The van der Waals surface area contributed by atoms with Gasteiger partial charge in [0.15, 0.2) is 0 Å². The maximum atomic E-state index is 13.9. The summed E-state index contributed by atoms with van der Waals surface area (Å²) in [5.74, 6) is -0.0967. The normalized spacial score (nSPS) is 17.6. The van der Waals surface area contributed by atoms with Crippen LogP contribution in [0.2, 0.25) is 0 Å². The third-order valence-electron chi connectivity index (χ3n) is 3.98. The molecule has 1 atom stereocenters. The van der Waals surface area contributed by atoms with Gasteiger partial charge >= 0.3 is 0 Å². The van der Waals surface area contributed by atoms with Crippen LogP contribution in [0.25, 0.3) is 0 Å². The molecule has 1 aliphatic rings. The maximum absolute atomic E-state index is 13.9. The van der Waals surface area contributed by atoms with E-state index in [2.05, 4.69) is 24.1 Å². The van der Waals surface area contributed by atoms with Gasteiger partial charge in [0, 0.05) is 24.8 Å². The third kappa shape index (κ3) is 3.27. The summed E-state index contributed by atoms with van der Waals surface area (Å²) in [7, 11) is 0. The average molecular weight is 264 g/mol. The molecule has 1 saturated heterocycles. The Kier molecular flexibility index (Phi) is 4.81. The molecular formula is C16H25FN2. The van der Waals surface area contributed by atoms with Crippen molar-refractivity contribution in [2.75, 3.05) is 24.5 Å². The lowest BCUT2D eigenvalue weighted by Crippen LogP contribution is -2.31. The first kappa shape index (κ1) is 14.3. The Labute approximate surface area is 116 Å². The van der Waals surface area contributed by atoms with E-state index in [4.69, 9.17) is 0 Å². The summed E-state index contributed by atoms with van der Waals surface area (Å²) in [4.78, 5) is 2.42. The summed E-state index contributed by atoms with van der Waals surface area (Å²) in [6.07, 6.45) is 3.80. The van der Waals surface area contributed by atoms with Crippen molar-refractivity contribution in [2.24, 2.45) is 0 Å². The van der Waals surface area contributed by atoms with Crippen molar-refractivity contribution in [2.45, 2.75) is 46.1 Å². The number of aryl methyl sites for hydroxylation is 1. The van der Waals surface area contributed by atoms with Crippen LogP contribution in [0.1, 0.15) is 50.3 Å². The minimum atomic E-state index is -0.0967. The fourth-order valence-electron chi connectivity index (χ4n) is 2.85. The van der Waals surface area contributed by atoms with Crippen LogP contribution < -0.4 is 10.2 Å². The van der Waals surface area contributed by atoms with E-state index in [9.17, 15) is 4.39 Å². The molecule has 1 fully saturated rings. The standard InChI is InChI=1S/C16H25FN2/c1-4-18-13(3)14-11-15(17)12(2)10-16(14)19-8-6-5-7-9-19/h10-11,13,18H,4-9H2,1-3H3. The molecule has 0 amide bonds. The topological polar surface area (TPSA) is 15.3 Å². The molecule has 1 N–H and O–H groups in total. The highest BCUT2D eigenvalue weighted by atomic mass is 19.1. The maximum Gasteiger partial charge on any atom is 0.126 e. The lowest BCUT2D eigenvalue weighted by Gasteiger charge is -2.32. The largest absolute Gasteiger partial charge is 0.371 e. The molecule has 2 rings (SSSR count). The molecule has 106 valence electrons. The Balaban J connectivity index is 2.35. The second-order valence-electron chi connectivity index (χ2n) is 5.49. The predicted octanol–water partition coefficient (Wildman–Crippen LogP) is 3.79. The molecule has 0 aliphatic carbocycles. The number of halogens is 1. The number of rotatable bonds is 4. The van der Waals surface area contributed by atoms with Crippen molar-refractivity contribution >= 4 is 5.69 Å². The molecule has 1 unspecified atom stereocenters. The Morgan fingerprint density at radius 3 is 2.58 bits per heavy atom. The molecule has 1 aliphatic heterocycles. The molecule has 0 aromatic heterocycles. The summed E-state index contributed by atoms with van der Waals surface area (Å²) >= 11 is 0. The van der Waals surface area contributed by atoms with Gasteiger partial charge in [-0.3, -0.25) is 0 Å². The highest BCUT2D eigenvalue weighted by Crippen LogP contribution is 2.31. The monoisotopic (exact) mass is 264 g/mol. The quantitative estimate of drug-likeness (QED) is 0.890.